The summed E-state index contributed by atoms with van der Waals surface area (Å²) in [5, 5.41) is 26.0. The van der Waals surface area contributed by atoms with Crippen LogP contribution in [0, 0.1) is 34.5 Å². The van der Waals surface area contributed by atoms with Crippen LogP contribution in [0.2, 0.25) is 0 Å². The van der Waals surface area contributed by atoms with Crippen LogP contribution >= 0.6 is 0 Å². The average molecular weight is 362 g/mol. The van der Waals surface area contributed by atoms with Crippen LogP contribution in [-0.4, -0.2) is 23.0 Å². The predicted octanol–water partition coefficient (Wildman–Crippen LogP) is 4.36. The van der Waals surface area contributed by atoms with Gasteiger partial charge in [0.05, 0.1) is 12.3 Å². The largest absolute Gasteiger partial charge is 0.303 e. The van der Waals surface area contributed by atoms with E-state index in [4.69, 9.17) is 0 Å². The average Bonchev–Trinajstić information content (AvgIpc) is 3.00. The zero-order chi connectivity index (χ0) is 19.3. The number of fused-ring (bicyclic) bond motifs is 3. The molecule has 3 rings (SSSR count). The number of hydrazone groups is 1. The zero-order valence-electron chi connectivity index (χ0n) is 15.8. The quantitative estimate of drug-likeness (QED) is 0.508. The lowest BCUT2D eigenvalue weighted by Crippen LogP contribution is -2.44. The predicted molar refractivity (Wildman–Crippen MR) is 104 cm³/mol. The molecule has 0 bridgehead atoms. The molecule has 27 heavy (non-hydrogen) atoms. The fourth-order valence-corrected chi connectivity index (χ4v) is 4.58. The summed E-state index contributed by atoms with van der Waals surface area (Å²) in [5.74, 6) is -0.733. The Bertz CT molecular complexity index is 774. The van der Waals surface area contributed by atoms with Crippen LogP contribution in [-0.2, 0) is 4.79 Å². The minimum atomic E-state index is -1.39. The van der Waals surface area contributed by atoms with Crippen LogP contribution in [0.5, 0.6) is 0 Å². The third kappa shape index (κ3) is 3.23. The summed E-state index contributed by atoms with van der Waals surface area (Å²) >= 11 is 0. The van der Waals surface area contributed by atoms with E-state index in [1.807, 2.05) is 24.3 Å². The molecule has 0 aliphatic carbocycles. The Hall–Kier alpha value is -2.66. The second-order valence-electron chi connectivity index (χ2n) is 7.53. The van der Waals surface area contributed by atoms with E-state index in [1.165, 1.54) is 19.3 Å². The molecular formula is C22H26N4O. The molecule has 140 valence electrons. The minimum absolute atomic E-state index is 0.329. The summed E-state index contributed by atoms with van der Waals surface area (Å²) in [6, 6.07) is 11.9. The first-order chi connectivity index (χ1) is 13.2. The van der Waals surface area contributed by atoms with E-state index in [2.05, 4.69) is 24.2 Å². The van der Waals surface area contributed by atoms with Crippen molar-refractivity contribution in [3.63, 3.8) is 0 Å². The molecule has 0 N–H and O–H groups in total. The number of hydrogen-bond acceptors (Lipinski definition) is 5. The van der Waals surface area contributed by atoms with Gasteiger partial charge in [0.15, 0.2) is 0 Å². The van der Waals surface area contributed by atoms with Gasteiger partial charge in [0.1, 0.15) is 18.4 Å². The molecule has 2 heterocycles. The van der Waals surface area contributed by atoms with Gasteiger partial charge in [-0.1, -0.05) is 69.7 Å². The third-order valence-electron chi connectivity index (χ3n) is 5.99. The van der Waals surface area contributed by atoms with Crippen molar-refractivity contribution < 1.29 is 4.79 Å². The number of nitrogens with zero attached hydrogens (tertiary/aromatic N) is 4. The van der Waals surface area contributed by atoms with E-state index in [0.29, 0.717) is 6.42 Å². The van der Waals surface area contributed by atoms with Gasteiger partial charge in [-0.25, -0.2) is 0 Å². The van der Waals surface area contributed by atoms with E-state index >= 15 is 0 Å². The van der Waals surface area contributed by atoms with Crippen LogP contribution in [0.3, 0.4) is 0 Å². The van der Waals surface area contributed by atoms with E-state index < -0.39 is 11.5 Å². The smallest absolute Gasteiger partial charge is 0.233 e. The summed E-state index contributed by atoms with van der Waals surface area (Å²) in [4.78, 5) is 12.1. The van der Waals surface area contributed by atoms with E-state index in [-0.39, 0.29) is 12.0 Å². The highest BCUT2D eigenvalue weighted by molar-refractivity contribution is 5.84. The number of carbonyl (C=O) groups excluding carboxylic acids is 1. The number of unbranched alkanes of at least 4 members (excludes halogenated alkanes) is 5. The summed E-state index contributed by atoms with van der Waals surface area (Å²) in [6.45, 7) is 2.19. The number of carbonyl (C=O) groups is 1. The molecule has 1 fully saturated rings. The number of benzene rings is 1. The van der Waals surface area contributed by atoms with Gasteiger partial charge in [0, 0.05) is 11.8 Å². The third-order valence-corrected chi connectivity index (χ3v) is 5.99. The topological polar surface area (TPSA) is 80.2 Å². The van der Waals surface area contributed by atoms with Gasteiger partial charge in [0.25, 0.3) is 0 Å². The van der Waals surface area contributed by atoms with Crippen molar-refractivity contribution in [2.75, 3.05) is 0 Å². The van der Waals surface area contributed by atoms with Crippen molar-refractivity contribution in [2.24, 2.45) is 16.9 Å². The van der Waals surface area contributed by atoms with Gasteiger partial charge in [-0.2, -0.15) is 15.6 Å². The first-order valence-electron chi connectivity index (χ1n) is 9.93. The first-order valence-corrected chi connectivity index (χ1v) is 9.93. The lowest BCUT2D eigenvalue weighted by atomic mass is 9.76. The summed E-state index contributed by atoms with van der Waals surface area (Å²) in [7, 11) is 0. The monoisotopic (exact) mass is 362 g/mol. The molecular weight excluding hydrogens is 336 g/mol. The van der Waals surface area contributed by atoms with Gasteiger partial charge in [-0.05, 0) is 17.5 Å². The van der Waals surface area contributed by atoms with E-state index in [0.717, 1.165) is 36.7 Å². The fourth-order valence-electron chi connectivity index (χ4n) is 4.58. The molecule has 3 atom stereocenters. The summed E-state index contributed by atoms with van der Waals surface area (Å²) < 4.78 is 0. The second-order valence-corrected chi connectivity index (χ2v) is 7.53. The molecule has 0 amide bonds. The van der Waals surface area contributed by atoms with Crippen molar-refractivity contribution in [2.45, 2.75) is 63.5 Å². The van der Waals surface area contributed by atoms with Crippen LogP contribution < -0.4 is 0 Å². The molecule has 0 radical (unpaired) electrons. The minimum Gasteiger partial charge on any atom is -0.303 e. The molecule has 1 aromatic rings. The Balaban J connectivity index is 1.87. The second kappa shape index (κ2) is 8.35. The van der Waals surface area contributed by atoms with Gasteiger partial charge in [-0.15, -0.1) is 0 Å². The molecule has 2 aliphatic rings. The molecule has 2 aliphatic heterocycles. The maximum Gasteiger partial charge on any atom is 0.233 e. The van der Waals surface area contributed by atoms with Crippen molar-refractivity contribution in [3.8, 4) is 12.1 Å². The van der Waals surface area contributed by atoms with Crippen molar-refractivity contribution in [1.29, 1.82) is 10.5 Å². The highest BCUT2D eigenvalue weighted by Crippen LogP contribution is 2.53. The molecule has 0 saturated carbocycles. The highest BCUT2D eigenvalue weighted by atomic mass is 16.1. The van der Waals surface area contributed by atoms with Crippen LogP contribution in [0.25, 0.3) is 0 Å². The molecule has 5 nitrogen and oxygen atoms in total. The van der Waals surface area contributed by atoms with E-state index in [9.17, 15) is 15.3 Å². The Morgan fingerprint density at radius 2 is 1.85 bits per heavy atom. The standard InChI is InChI=1S/C22H26N4O/c1-2-3-4-5-6-7-12-20-19(14-27)21-18-11-9-8-10-17(18)13-25-26(21)22(20,15-23)16-24/h8-11,13-14,19-21H,2-7,12H2,1H3/t19-,20-,21+/m1/s1. The fraction of sp³-hybridized carbons (Fsp3) is 0.545. The number of hydrogen-bond donors (Lipinski definition) is 0. The van der Waals surface area contributed by atoms with Gasteiger partial charge in [-0.3, -0.25) is 5.01 Å². The Morgan fingerprint density at radius 1 is 1.15 bits per heavy atom. The number of aldehydes is 1. The lowest BCUT2D eigenvalue weighted by Gasteiger charge is -2.33. The SMILES string of the molecule is CCCCCCCC[C@@H]1[C@@H](C=O)[C@@H]2c3ccccc3C=NN2C1(C#N)C#N. The maximum absolute atomic E-state index is 12.1. The van der Waals surface area contributed by atoms with Crippen molar-refractivity contribution in [3.05, 3.63) is 35.4 Å². The Kier molecular flexibility index (Phi) is 5.91. The van der Waals surface area contributed by atoms with Gasteiger partial charge < -0.3 is 4.79 Å². The number of rotatable bonds is 8. The van der Waals surface area contributed by atoms with Crippen molar-refractivity contribution in [1.82, 2.24) is 5.01 Å². The van der Waals surface area contributed by atoms with Crippen molar-refractivity contribution >= 4 is 12.5 Å². The maximum atomic E-state index is 12.1. The van der Waals surface area contributed by atoms with E-state index in [1.54, 1.807) is 11.2 Å². The lowest BCUT2D eigenvalue weighted by molar-refractivity contribution is -0.112. The first kappa shape index (κ1) is 19.1. The number of nitriles is 2. The van der Waals surface area contributed by atoms with Crippen LogP contribution in [0.1, 0.15) is 69.0 Å². The molecule has 1 aromatic carbocycles. The highest BCUT2D eigenvalue weighted by Gasteiger charge is 2.61. The summed E-state index contributed by atoms with van der Waals surface area (Å²) in [5.41, 5.74) is 0.546. The van der Waals surface area contributed by atoms with Crippen LogP contribution in [0.4, 0.5) is 0 Å². The Morgan fingerprint density at radius 3 is 2.56 bits per heavy atom. The molecule has 0 aromatic heterocycles. The Labute approximate surface area is 161 Å². The van der Waals surface area contributed by atoms with Gasteiger partial charge >= 0.3 is 0 Å². The molecule has 0 spiro atoms. The van der Waals surface area contributed by atoms with Gasteiger partial charge in [0.2, 0.25) is 5.54 Å². The zero-order valence-corrected chi connectivity index (χ0v) is 15.8. The summed E-state index contributed by atoms with van der Waals surface area (Å²) in [6.07, 6.45) is 10.1. The molecule has 5 heteroatoms. The molecule has 0 unspecified atom stereocenters. The molecule has 1 saturated heterocycles. The normalized spacial score (nSPS) is 24.6. The van der Waals surface area contributed by atoms with Crippen LogP contribution in [0.15, 0.2) is 29.4 Å².